The Kier molecular flexibility index (Phi) is 4.99. The van der Waals surface area contributed by atoms with Crippen molar-refractivity contribution in [3.8, 4) is 0 Å². The second-order valence-corrected chi connectivity index (χ2v) is 5.29. The number of benzene rings is 1. The van der Waals surface area contributed by atoms with E-state index < -0.39 is 5.97 Å². The molecule has 116 valence electrons. The molecule has 0 unspecified atom stereocenters. The molecule has 0 aliphatic rings. The Morgan fingerprint density at radius 3 is 2.41 bits per heavy atom. The lowest BCUT2D eigenvalue weighted by Gasteiger charge is -2.08. The predicted molar refractivity (Wildman–Crippen MR) is 82.9 cm³/mol. The van der Waals surface area contributed by atoms with Crippen LogP contribution in [0.25, 0.3) is 0 Å². The molecule has 0 aliphatic heterocycles. The zero-order valence-electron chi connectivity index (χ0n) is 12.9. The summed E-state index contributed by atoms with van der Waals surface area (Å²) in [5.74, 6) is -0.0538. The smallest absolute Gasteiger partial charge is 0.342 e. The minimum Gasteiger partial charge on any atom is -0.469 e. The maximum absolute atomic E-state index is 11.8. The zero-order chi connectivity index (χ0) is 16.1. The first-order chi connectivity index (χ1) is 10.5. The highest BCUT2D eigenvalue weighted by atomic mass is 16.5. The first-order valence-corrected chi connectivity index (χ1v) is 7.08. The van der Waals surface area contributed by atoms with E-state index in [-0.39, 0.29) is 12.5 Å². The van der Waals surface area contributed by atoms with E-state index >= 15 is 0 Å². The number of hydrogen-bond acceptors (Lipinski definition) is 4. The fourth-order valence-corrected chi connectivity index (χ4v) is 1.95. The van der Waals surface area contributed by atoms with Crippen LogP contribution in [-0.2, 0) is 9.53 Å². The van der Waals surface area contributed by atoms with Gasteiger partial charge in [0.05, 0.1) is 6.26 Å². The van der Waals surface area contributed by atoms with Gasteiger partial charge in [0.1, 0.15) is 11.3 Å². The van der Waals surface area contributed by atoms with Crippen LogP contribution < -0.4 is 5.32 Å². The monoisotopic (exact) mass is 301 g/mol. The maximum atomic E-state index is 11.8. The molecule has 1 amide bonds. The highest BCUT2D eigenvalue weighted by Crippen LogP contribution is 2.17. The van der Waals surface area contributed by atoms with E-state index in [1.165, 1.54) is 17.9 Å². The van der Waals surface area contributed by atoms with Crippen molar-refractivity contribution in [2.24, 2.45) is 0 Å². The topological polar surface area (TPSA) is 68.5 Å². The highest BCUT2D eigenvalue weighted by molar-refractivity contribution is 5.95. The Bertz CT molecular complexity index is 656. The van der Waals surface area contributed by atoms with Crippen LogP contribution >= 0.6 is 0 Å². The number of amides is 1. The standard InChI is InChI=1S/C17H19NO4/c1-11(2)13-4-6-14(7-5-13)18-16(19)10-22-17(20)15-8-9-21-12(15)3/h4-9,11H,10H2,1-3H3,(H,18,19). The Morgan fingerprint density at radius 2 is 1.86 bits per heavy atom. The number of rotatable bonds is 5. The van der Waals surface area contributed by atoms with E-state index in [0.29, 0.717) is 22.9 Å². The molecule has 22 heavy (non-hydrogen) atoms. The van der Waals surface area contributed by atoms with Crippen molar-refractivity contribution in [1.29, 1.82) is 0 Å². The van der Waals surface area contributed by atoms with Gasteiger partial charge in [0, 0.05) is 5.69 Å². The Morgan fingerprint density at radius 1 is 1.18 bits per heavy atom. The summed E-state index contributed by atoms with van der Waals surface area (Å²) in [6.45, 7) is 5.53. The van der Waals surface area contributed by atoms with Crippen LogP contribution in [0.2, 0.25) is 0 Å². The van der Waals surface area contributed by atoms with Gasteiger partial charge in [0.25, 0.3) is 5.91 Å². The van der Waals surface area contributed by atoms with Crippen LogP contribution in [0.15, 0.2) is 41.0 Å². The number of esters is 1. The lowest BCUT2D eigenvalue weighted by molar-refractivity contribution is -0.119. The van der Waals surface area contributed by atoms with Gasteiger partial charge in [-0.1, -0.05) is 26.0 Å². The summed E-state index contributed by atoms with van der Waals surface area (Å²) in [6.07, 6.45) is 1.41. The fourth-order valence-electron chi connectivity index (χ4n) is 1.95. The van der Waals surface area contributed by atoms with Crippen LogP contribution in [0.5, 0.6) is 0 Å². The summed E-state index contributed by atoms with van der Waals surface area (Å²) < 4.78 is 9.97. The molecule has 0 spiro atoms. The minimum absolute atomic E-state index is 0.328. The van der Waals surface area contributed by atoms with Crippen LogP contribution in [0.1, 0.15) is 41.4 Å². The molecule has 5 nitrogen and oxygen atoms in total. The number of anilines is 1. The Labute approximate surface area is 129 Å². The molecule has 1 heterocycles. The molecule has 2 aromatic rings. The molecule has 0 saturated carbocycles. The van der Waals surface area contributed by atoms with Crippen molar-refractivity contribution in [1.82, 2.24) is 0 Å². The zero-order valence-corrected chi connectivity index (χ0v) is 12.9. The van der Waals surface area contributed by atoms with Crippen LogP contribution in [0, 0.1) is 6.92 Å². The van der Waals surface area contributed by atoms with Crippen molar-refractivity contribution in [2.75, 3.05) is 11.9 Å². The van der Waals surface area contributed by atoms with Crippen molar-refractivity contribution in [3.63, 3.8) is 0 Å². The number of ether oxygens (including phenoxy) is 1. The summed E-state index contributed by atoms with van der Waals surface area (Å²) in [4.78, 5) is 23.5. The largest absolute Gasteiger partial charge is 0.469 e. The second-order valence-electron chi connectivity index (χ2n) is 5.29. The number of aryl methyl sites for hydroxylation is 1. The first-order valence-electron chi connectivity index (χ1n) is 7.08. The lowest BCUT2D eigenvalue weighted by atomic mass is 10.0. The summed E-state index contributed by atoms with van der Waals surface area (Å²) in [5, 5.41) is 2.68. The number of carbonyl (C=O) groups is 2. The third kappa shape index (κ3) is 3.97. The third-order valence-corrected chi connectivity index (χ3v) is 3.27. The average molecular weight is 301 g/mol. The average Bonchev–Trinajstić information content (AvgIpc) is 2.91. The van der Waals surface area contributed by atoms with Gasteiger partial charge in [-0.05, 0) is 36.6 Å². The van der Waals surface area contributed by atoms with Crippen molar-refractivity contribution in [3.05, 3.63) is 53.5 Å². The summed E-state index contributed by atoms with van der Waals surface area (Å²) >= 11 is 0. The molecule has 0 fully saturated rings. The molecule has 0 aliphatic carbocycles. The minimum atomic E-state index is -0.573. The molecule has 0 bridgehead atoms. The van der Waals surface area contributed by atoms with Gasteiger partial charge in [-0.25, -0.2) is 4.79 Å². The normalized spacial score (nSPS) is 10.5. The summed E-state index contributed by atoms with van der Waals surface area (Å²) in [6, 6.07) is 9.09. The molecular formula is C17H19NO4. The molecule has 0 saturated heterocycles. The lowest BCUT2D eigenvalue weighted by Crippen LogP contribution is -2.21. The molecular weight excluding hydrogens is 282 g/mol. The first kappa shape index (κ1) is 15.8. The SMILES string of the molecule is Cc1occc1C(=O)OCC(=O)Nc1ccc(C(C)C)cc1. The molecule has 0 atom stereocenters. The second kappa shape index (κ2) is 6.93. The number of hydrogen-bond donors (Lipinski definition) is 1. The molecule has 1 aromatic carbocycles. The predicted octanol–water partition coefficient (Wildman–Crippen LogP) is 3.51. The van der Waals surface area contributed by atoms with Crippen molar-refractivity contribution in [2.45, 2.75) is 26.7 Å². The van der Waals surface area contributed by atoms with E-state index in [2.05, 4.69) is 19.2 Å². The van der Waals surface area contributed by atoms with Gasteiger partial charge < -0.3 is 14.5 Å². The van der Waals surface area contributed by atoms with Crippen molar-refractivity contribution < 1.29 is 18.7 Å². The van der Waals surface area contributed by atoms with Crippen LogP contribution in [0.4, 0.5) is 5.69 Å². The van der Waals surface area contributed by atoms with Gasteiger partial charge in [0.15, 0.2) is 6.61 Å². The summed E-state index contributed by atoms with van der Waals surface area (Å²) in [5.41, 5.74) is 2.19. The maximum Gasteiger partial charge on any atom is 0.342 e. The van der Waals surface area contributed by atoms with Gasteiger partial charge in [0.2, 0.25) is 0 Å². The van der Waals surface area contributed by atoms with Gasteiger partial charge in [-0.2, -0.15) is 0 Å². The molecule has 1 N–H and O–H groups in total. The number of nitrogens with one attached hydrogen (secondary N) is 1. The number of carbonyl (C=O) groups excluding carboxylic acids is 2. The molecule has 1 aromatic heterocycles. The van der Waals surface area contributed by atoms with E-state index in [1.54, 1.807) is 6.92 Å². The van der Waals surface area contributed by atoms with Gasteiger partial charge in [-0.15, -0.1) is 0 Å². The molecule has 0 radical (unpaired) electrons. The van der Waals surface area contributed by atoms with E-state index in [0.717, 1.165) is 0 Å². The van der Waals surface area contributed by atoms with Crippen LogP contribution in [-0.4, -0.2) is 18.5 Å². The Balaban J connectivity index is 1.85. The van der Waals surface area contributed by atoms with Crippen LogP contribution in [0.3, 0.4) is 0 Å². The quantitative estimate of drug-likeness (QED) is 0.858. The third-order valence-electron chi connectivity index (χ3n) is 3.27. The molecule has 5 heteroatoms. The van der Waals surface area contributed by atoms with E-state index in [4.69, 9.17) is 9.15 Å². The van der Waals surface area contributed by atoms with Crippen molar-refractivity contribution >= 4 is 17.6 Å². The van der Waals surface area contributed by atoms with Gasteiger partial charge >= 0.3 is 5.97 Å². The Hall–Kier alpha value is -2.56. The fraction of sp³-hybridized carbons (Fsp3) is 0.294. The number of furan rings is 1. The van der Waals surface area contributed by atoms with E-state index in [9.17, 15) is 9.59 Å². The van der Waals surface area contributed by atoms with Gasteiger partial charge in [-0.3, -0.25) is 4.79 Å². The van der Waals surface area contributed by atoms with E-state index in [1.807, 2.05) is 24.3 Å². The highest BCUT2D eigenvalue weighted by Gasteiger charge is 2.14. The summed E-state index contributed by atoms with van der Waals surface area (Å²) in [7, 11) is 0. The molecule has 2 rings (SSSR count).